The molecule has 0 aliphatic carbocycles. The quantitative estimate of drug-likeness (QED) is 0.752. The Kier molecular flexibility index (Phi) is 3.35. The monoisotopic (exact) mass is 211 g/mol. The van der Waals surface area contributed by atoms with E-state index in [-0.39, 0.29) is 0 Å². The predicted octanol–water partition coefficient (Wildman–Crippen LogP) is 3.80. The van der Waals surface area contributed by atoms with Crippen LogP contribution in [0.1, 0.15) is 36.6 Å². The molecule has 1 heteroatoms. The highest BCUT2D eigenvalue weighted by Gasteiger charge is 2.02. The lowest BCUT2D eigenvalue weighted by Crippen LogP contribution is -1.95. The molecular formula is C15H17N. The number of rotatable bonds is 3. The van der Waals surface area contributed by atoms with Gasteiger partial charge in [0.15, 0.2) is 0 Å². The Morgan fingerprint density at radius 2 is 1.81 bits per heavy atom. The highest BCUT2D eigenvalue weighted by atomic mass is 14.7. The summed E-state index contributed by atoms with van der Waals surface area (Å²) >= 11 is 0. The number of pyridine rings is 1. The average molecular weight is 211 g/mol. The summed E-state index contributed by atoms with van der Waals surface area (Å²) in [6.45, 7) is 4.42. The van der Waals surface area contributed by atoms with Crippen molar-refractivity contribution in [2.45, 2.75) is 26.2 Å². The summed E-state index contributed by atoms with van der Waals surface area (Å²) in [5, 5.41) is 0. The largest absolute Gasteiger partial charge is 0.261 e. The number of nitrogens with zero attached hydrogens (tertiary/aromatic N) is 1. The first-order valence-corrected chi connectivity index (χ1v) is 5.74. The van der Waals surface area contributed by atoms with Gasteiger partial charge in [-0.2, -0.15) is 0 Å². The summed E-state index contributed by atoms with van der Waals surface area (Å²) in [5.41, 5.74) is 3.83. The van der Waals surface area contributed by atoms with Crippen LogP contribution in [0, 0.1) is 0 Å². The molecule has 1 aromatic heterocycles. The predicted molar refractivity (Wildman–Crippen MR) is 67.6 cm³/mol. The lowest BCUT2D eigenvalue weighted by Gasteiger charge is -2.07. The third-order valence-corrected chi connectivity index (χ3v) is 2.74. The third kappa shape index (κ3) is 2.69. The van der Waals surface area contributed by atoms with Gasteiger partial charge >= 0.3 is 0 Å². The van der Waals surface area contributed by atoms with Gasteiger partial charge in [0.05, 0.1) is 0 Å². The molecule has 0 radical (unpaired) electrons. The molecule has 1 nitrogen and oxygen atoms in total. The molecule has 16 heavy (non-hydrogen) atoms. The maximum absolute atomic E-state index is 4.42. The number of benzene rings is 1. The molecule has 1 heterocycles. The van der Waals surface area contributed by atoms with Gasteiger partial charge < -0.3 is 0 Å². The van der Waals surface area contributed by atoms with Crippen molar-refractivity contribution in [3.63, 3.8) is 0 Å². The molecule has 0 N–H and O–H groups in total. The molecule has 2 rings (SSSR count). The van der Waals surface area contributed by atoms with Crippen molar-refractivity contribution in [3.05, 3.63) is 65.5 Å². The van der Waals surface area contributed by atoms with E-state index in [1.165, 1.54) is 11.1 Å². The Morgan fingerprint density at radius 1 is 1.06 bits per heavy atom. The minimum atomic E-state index is 0.567. The van der Waals surface area contributed by atoms with E-state index in [0.29, 0.717) is 5.92 Å². The second kappa shape index (κ2) is 4.93. The fourth-order valence-electron chi connectivity index (χ4n) is 1.76. The van der Waals surface area contributed by atoms with Gasteiger partial charge in [0, 0.05) is 18.3 Å². The van der Waals surface area contributed by atoms with Crippen LogP contribution in [0.25, 0.3) is 0 Å². The molecule has 0 saturated heterocycles. The maximum atomic E-state index is 4.42. The molecule has 0 amide bonds. The van der Waals surface area contributed by atoms with E-state index >= 15 is 0 Å². The fraction of sp³-hybridized carbons (Fsp3) is 0.267. The molecule has 0 fully saturated rings. The second-order valence-electron chi connectivity index (χ2n) is 4.40. The van der Waals surface area contributed by atoms with Crippen molar-refractivity contribution in [3.8, 4) is 0 Å². The molecule has 0 unspecified atom stereocenters. The van der Waals surface area contributed by atoms with Gasteiger partial charge in [-0.1, -0.05) is 44.2 Å². The van der Waals surface area contributed by atoms with E-state index in [9.17, 15) is 0 Å². The van der Waals surface area contributed by atoms with Crippen LogP contribution in [-0.2, 0) is 6.42 Å². The van der Waals surface area contributed by atoms with Crippen LogP contribution >= 0.6 is 0 Å². The molecule has 0 atom stereocenters. The normalized spacial score (nSPS) is 10.7. The summed E-state index contributed by atoms with van der Waals surface area (Å²) in [6, 6.07) is 14.8. The van der Waals surface area contributed by atoms with E-state index < -0.39 is 0 Å². The van der Waals surface area contributed by atoms with Crippen molar-refractivity contribution < 1.29 is 0 Å². The Balaban J connectivity index is 2.19. The summed E-state index contributed by atoms with van der Waals surface area (Å²) in [6.07, 6.45) is 2.83. The zero-order valence-electron chi connectivity index (χ0n) is 9.85. The molecule has 0 aliphatic rings. The van der Waals surface area contributed by atoms with Gasteiger partial charge in [-0.3, -0.25) is 4.98 Å². The average Bonchev–Trinajstić information content (AvgIpc) is 2.30. The summed E-state index contributed by atoms with van der Waals surface area (Å²) in [7, 11) is 0. The summed E-state index contributed by atoms with van der Waals surface area (Å²) < 4.78 is 0. The second-order valence-corrected chi connectivity index (χ2v) is 4.40. The minimum Gasteiger partial charge on any atom is -0.261 e. The molecule has 82 valence electrons. The molecule has 0 aliphatic heterocycles. The van der Waals surface area contributed by atoms with Crippen molar-refractivity contribution >= 4 is 0 Å². The van der Waals surface area contributed by atoms with E-state index in [1.807, 2.05) is 12.3 Å². The third-order valence-electron chi connectivity index (χ3n) is 2.74. The van der Waals surface area contributed by atoms with E-state index in [4.69, 9.17) is 0 Å². The number of hydrogen-bond donors (Lipinski definition) is 0. The van der Waals surface area contributed by atoms with Gasteiger partial charge in [-0.05, 0) is 29.2 Å². The first-order valence-electron chi connectivity index (χ1n) is 5.74. The van der Waals surface area contributed by atoms with Gasteiger partial charge in [0.2, 0.25) is 0 Å². The van der Waals surface area contributed by atoms with Gasteiger partial charge in [0.25, 0.3) is 0 Å². The van der Waals surface area contributed by atoms with Gasteiger partial charge in [0.1, 0.15) is 0 Å². The van der Waals surface area contributed by atoms with Crippen molar-refractivity contribution in [1.29, 1.82) is 0 Å². The van der Waals surface area contributed by atoms with Crippen LogP contribution in [0.4, 0.5) is 0 Å². The van der Waals surface area contributed by atoms with Gasteiger partial charge in [-0.15, -0.1) is 0 Å². The zero-order valence-corrected chi connectivity index (χ0v) is 9.85. The number of aromatic nitrogens is 1. The molecule has 0 bridgehead atoms. The Hall–Kier alpha value is -1.63. The minimum absolute atomic E-state index is 0.567. The van der Waals surface area contributed by atoms with E-state index in [0.717, 1.165) is 12.1 Å². The fourth-order valence-corrected chi connectivity index (χ4v) is 1.76. The van der Waals surface area contributed by atoms with Crippen molar-refractivity contribution in [2.75, 3.05) is 0 Å². The molecule has 2 aromatic rings. The van der Waals surface area contributed by atoms with Crippen molar-refractivity contribution in [1.82, 2.24) is 4.98 Å². The smallest absolute Gasteiger partial charge is 0.0450 e. The number of hydrogen-bond acceptors (Lipinski definition) is 1. The summed E-state index contributed by atoms with van der Waals surface area (Å²) in [4.78, 5) is 4.42. The van der Waals surface area contributed by atoms with Crippen LogP contribution in [0.5, 0.6) is 0 Å². The molecule has 0 spiro atoms. The van der Waals surface area contributed by atoms with E-state index in [1.54, 1.807) is 0 Å². The lowest BCUT2D eigenvalue weighted by atomic mass is 10.0. The maximum Gasteiger partial charge on any atom is 0.0450 e. The van der Waals surface area contributed by atoms with Crippen LogP contribution < -0.4 is 0 Å². The van der Waals surface area contributed by atoms with E-state index in [2.05, 4.69) is 55.2 Å². The molecule has 0 saturated carbocycles. The standard InChI is InChI=1S/C15H17N/c1-12(2)14-8-9-16-15(11-14)10-13-6-4-3-5-7-13/h3-9,11-12H,10H2,1-2H3. The lowest BCUT2D eigenvalue weighted by molar-refractivity contribution is 0.855. The van der Waals surface area contributed by atoms with Crippen LogP contribution in [-0.4, -0.2) is 4.98 Å². The highest BCUT2D eigenvalue weighted by molar-refractivity contribution is 5.25. The summed E-state index contributed by atoms with van der Waals surface area (Å²) in [5.74, 6) is 0.567. The topological polar surface area (TPSA) is 12.9 Å². The Morgan fingerprint density at radius 3 is 2.50 bits per heavy atom. The molecule has 1 aromatic carbocycles. The van der Waals surface area contributed by atoms with Crippen LogP contribution in [0.2, 0.25) is 0 Å². The Bertz CT molecular complexity index is 446. The van der Waals surface area contributed by atoms with Crippen molar-refractivity contribution in [2.24, 2.45) is 0 Å². The Labute approximate surface area is 97.2 Å². The van der Waals surface area contributed by atoms with Gasteiger partial charge in [-0.25, -0.2) is 0 Å². The SMILES string of the molecule is CC(C)c1ccnc(Cc2ccccc2)c1. The van der Waals surface area contributed by atoms with Crippen LogP contribution in [0.15, 0.2) is 48.7 Å². The zero-order chi connectivity index (χ0) is 11.4. The van der Waals surface area contributed by atoms with Crippen LogP contribution in [0.3, 0.4) is 0 Å². The highest BCUT2D eigenvalue weighted by Crippen LogP contribution is 2.15. The molecular weight excluding hydrogens is 194 g/mol. The first kappa shape index (κ1) is 10.9. The first-order chi connectivity index (χ1) is 7.75.